The maximum Gasteiger partial charge on any atom is 0.231 e. The molecule has 0 atom stereocenters. The summed E-state index contributed by atoms with van der Waals surface area (Å²) in [4.78, 5) is 0. The van der Waals surface area contributed by atoms with Crippen molar-refractivity contribution >= 4 is 5.69 Å². The average Bonchev–Trinajstić information content (AvgIpc) is 2.41. The molecule has 2 N–H and O–H groups in total. The van der Waals surface area contributed by atoms with Gasteiger partial charge in [0.25, 0.3) is 0 Å². The topological polar surface area (TPSA) is 53.7 Å². The first-order valence-corrected chi connectivity index (χ1v) is 5.95. The Kier molecular flexibility index (Phi) is 4.13. The van der Waals surface area contributed by atoms with Gasteiger partial charge in [0.15, 0.2) is 11.5 Å². The predicted molar refractivity (Wildman–Crippen MR) is 74.7 cm³/mol. The van der Waals surface area contributed by atoms with Gasteiger partial charge in [-0.05, 0) is 31.2 Å². The molecule has 0 fully saturated rings. The van der Waals surface area contributed by atoms with E-state index in [0.29, 0.717) is 17.2 Å². The Morgan fingerprint density at radius 1 is 0.947 bits per heavy atom. The molecule has 2 rings (SSSR count). The molecule has 0 aromatic heterocycles. The minimum atomic E-state index is 0.100. The molecule has 0 radical (unpaired) electrons. The molecule has 0 amide bonds. The molecule has 0 heterocycles. The number of hydrogen-bond acceptors (Lipinski definition) is 4. The van der Waals surface area contributed by atoms with Crippen molar-refractivity contribution in [2.75, 3.05) is 19.6 Å². The molecule has 100 valence electrons. The third-order valence-electron chi connectivity index (χ3n) is 2.65. The summed E-state index contributed by atoms with van der Waals surface area (Å²) >= 11 is 0. The fourth-order valence-electron chi connectivity index (χ4n) is 1.60. The Balaban J connectivity index is 1.95. The highest BCUT2D eigenvalue weighted by molar-refractivity contribution is 5.51. The maximum absolute atomic E-state index is 5.71. The molecule has 4 heteroatoms. The summed E-state index contributed by atoms with van der Waals surface area (Å²) in [5.74, 6) is 1.95. The average molecular weight is 259 g/mol. The Hall–Kier alpha value is -2.36. The molecule has 0 saturated carbocycles. The number of ether oxygens (including phenoxy) is 3. The highest BCUT2D eigenvalue weighted by atomic mass is 16.7. The minimum Gasteiger partial charge on any atom is -0.493 e. The second-order valence-corrected chi connectivity index (χ2v) is 4.13. The van der Waals surface area contributed by atoms with Gasteiger partial charge in [0.2, 0.25) is 6.79 Å². The molecule has 0 aliphatic rings. The number of nitrogen functional groups attached to an aromatic ring is 1. The van der Waals surface area contributed by atoms with Gasteiger partial charge in [-0.2, -0.15) is 0 Å². The third kappa shape index (κ3) is 3.55. The van der Waals surface area contributed by atoms with Gasteiger partial charge in [-0.25, -0.2) is 0 Å². The van der Waals surface area contributed by atoms with E-state index in [1.165, 1.54) is 5.56 Å². The van der Waals surface area contributed by atoms with Gasteiger partial charge < -0.3 is 19.9 Å². The molecule has 0 aliphatic heterocycles. The van der Waals surface area contributed by atoms with Crippen LogP contribution in [0.4, 0.5) is 5.69 Å². The van der Waals surface area contributed by atoms with Crippen LogP contribution in [-0.4, -0.2) is 13.9 Å². The molecule has 2 aromatic carbocycles. The van der Waals surface area contributed by atoms with Crippen LogP contribution in [0.5, 0.6) is 17.2 Å². The Bertz CT molecular complexity index is 538. The van der Waals surface area contributed by atoms with E-state index in [4.69, 9.17) is 19.9 Å². The van der Waals surface area contributed by atoms with E-state index >= 15 is 0 Å². The Labute approximate surface area is 112 Å². The monoisotopic (exact) mass is 259 g/mol. The number of rotatable bonds is 5. The lowest BCUT2D eigenvalue weighted by Gasteiger charge is -2.12. The molecule has 19 heavy (non-hydrogen) atoms. The molecule has 0 unspecified atom stereocenters. The van der Waals surface area contributed by atoms with Gasteiger partial charge in [0, 0.05) is 11.8 Å². The molecular formula is C15H17NO3. The Morgan fingerprint density at radius 2 is 1.68 bits per heavy atom. The largest absolute Gasteiger partial charge is 0.493 e. The molecule has 2 aromatic rings. The lowest BCUT2D eigenvalue weighted by Crippen LogP contribution is -2.06. The second kappa shape index (κ2) is 6.00. The minimum absolute atomic E-state index is 0.100. The molecular weight excluding hydrogens is 242 g/mol. The first kappa shape index (κ1) is 13.1. The quantitative estimate of drug-likeness (QED) is 0.662. The van der Waals surface area contributed by atoms with Crippen LogP contribution in [0.3, 0.4) is 0 Å². The molecule has 0 spiro atoms. The van der Waals surface area contributed by atoms with E-state index in [0.717, 1.165) is 5.75 Å². The SMILES string of the molecule is COc1ccc(N)cc1OCOc1ccc(C)cc1. The molecule has 0 saturated heterocycles. The zero-order valence-corrected chi connectivity index (χ0v) is 11.1. The normalized spacial score (nSPS) is 10.0. The lowest BCUT2D eigenvalue weighted by molar-refractivity contribution is 0.116. The number of hydrogen-bond donors (Lipinski definition) is 1. The highest BCUT2D eigenvalue weighted by Gasteiger charge is 2.04. The summed E-state index contributed by atoms with van der Waals surface area (Å²) in [5, 5.41) is 0. The van der Waals surface area contributed by atoms with Crippen LogP contribution in [0.25, 0.3) is 0 Å². The van der Waals surface area contributed by atoms with Crippen LogP contribution in [0.1, 0.15) is 5.56 Å². The fraction of sp³-hybridized carbons (Fsp3) is 0.200. The number of benzene rings is 2. The van der Waals surface area contributed by atoms with E-state index in [9.17, 15) is 0 Å². The smallest absolute Gasteiger partial charge is 0.231 e. The summed E-state index contributed by atoms with van der Waals surface area (Å²) in [5.41, 5.74) is 7.51. The van der Waals surface area contributed by atoms with Crippen LogP contribution < -0.4 is 19.9 Å². The van der Waals surface area contributed by atoms with Gasteiger partial charge in [-0.15, -0.1) is 0 Å². The van der Waals surface area contributed by atoms with E-state index in [1.807, 2.05) is 31.2 Å². The maximum atomic E-state index is 5.71. The van der Waals surface area contributed by atoms with Crippen LogP contribution in [0, 0.1) is 6.92 Å². The summed E-state index contributed by atoms with van der Waals surface area (Å²) < 4.78 is 16.2. The van der Waals surface area contributed by atoms with Gasteiger partial charge in [0.1, 0.15) is 5.75 Å². The number of anilines is 1. The van der Waals surface area contributed by atoms with Gasteiger partial charge in [-0.3, -0.25) is 0 Å². The Morgan fingerprint density at radius 3 is 2.37 bits per heavy atom. The van der Waals surface area contributed by atoms with Gasteiger partial charge in [-0.1, -0.05) is 17.7 Å². The summed E-state index contributed by atoms with van der Waals surface area (Å²) in [6, 6.07) is 13.0. The third-order valence-corrected chi connectivity index (χ3v) is 2.65. The van der Waals surface area contributed by atoms with E-state index in [2.05, 4.69) is 0 Å². The highest BCUT2D eigenvalue weighted by Crippen LogP contribution is 2.29. The predicted octanol–water partition coefficient (Wildman–Crippen LogP) is 3.00. The molecule has 4 nitrogen and oxygen atoms in total. The summed E-state index contributed by atoms with van der Waals surface area (Å²) in [7, 11) is 1.58. The zero-order valence-electron chi connectivity index (χ0n) is 11.1. The van der Waals surface area contributed by atoms with Crippen molar-refractivity contribution in [1.29, 1.82) is 0 Å². The van der Waals surface area contributed by atoms with Crippen LogP contribution in [0.2, 0.25) is 0 Å². The first-order valence-electron chi connectivity index (χ1n) is 5.95. The van der Waals surface area contributed by atoms with E-state index < -0.39 is 0 Å². The standard InChI is InChI=1S/C15H17NO3/c1-11-3-6-13(7-4-11)18-10-19-15-9-12(16)5-8-14(15)17-2/h3-9H,10,16H2,1-2H3. The zero-order chi connectivity index (χ0) is 13.7. The van der Waals surface area contributed by atoms with Crippen molar-refractivity contribution in [3.63, 3.8) is 0 Å². The van der Waals surface area contributed by atoms with Crippen molar-refractivity contribution in [2.45, 2.75) is 6.92 Å². The van der Waals surface area contributed by atoms with Crippen LogP contribution >= 0.6 is 0 Å². The van der Waals surface area contributed by atoms with E-state index in [1.54, 1.807) is 25.3 Å². The lowest BCUT2D eigenvalue weighted by atomic mass is 10.2. The fourth-order valence-corrected chi connectivity index (χ4v) is 1.60. The number of nitrogens with two attached hydrogens (primary N) is 1. The van der Waals surface area contributed by atoms with Crippen LogP contribution in [0.15, 0.2) is 42.5 Å². The summed E-state index contributed by atoms with van der Waals surface area (Å²) in [6.07, 6.45) is 0. The van der Waals surface area contributed by atoms with E-state index in [-0.39, 0.29) is 6.79 Å². The summed E-state index contributed by atoms with van der Waals surface area (Å²) in [6.45, 7) is 2.13. The first-order chi connectivity index (χ1) is 9.19. The van der Waals surface area contributed by atoms with Crippen LogP contribution in [-0.2, 0) is 0 Å². The number of methoxy groups -OCH3 is 1. The van der Waals surface area contributed by atoms with Crippen molar-refractivity contribution in [3.8, 4) is 17.2 Å². The molecule has 0 bridgehead atoms. The van der Waals surface area contributed by atoms with Crippen molar-refractivity contribution < 1.29 is 14.2 Å². The van der Waals surface area contributed by atoms with Gasteiger partial charge >= 0.3 is 0 Å². The van der Waals surface area contributed by atoms with Gasteiger partial charge in [0.05, 0.1) is 7.11 Å². The van der Waals surface area contributed by atoms with Crippen molar-refractivity contribution in [3.05, 3.63) is 48.0 Å². The second-order valence-electron chi connectivity index (χ2n) is 4.13. The van der Waals surface area contributed by atoms with Crippen molar-refractivity contribution in [1.82, 2.24) is 0 Å². The molecule has 0 aliphatic carbocycles. The van der Waals surface area contributed by atoms with Crippen molar-refractivity contribution in [2.24, 2.45) is 0 Å². The number of aryl methyl sites for hydroxylation is 1.